The van der Waals surface area contributed by atoms with Crippen LogP contribution in [-0.2, 0) is 29.1 Å². The summed E-state index contributed by atoms with van der Waals surface area (Å²) >= 11 is 1.74. The van der Waals surface area contributed by atoms with Crippen molar-refractivity contribution in [3.05, 3.63) is 107 Å². The Balaban J connectivity index is 1.38. The molecule has 2 unspecified atom stereocenters. The summed E-state index contributed by atoms with van der Waals surface area (Å²) in [5.74, 6) is 0.754. The molecule has 1 saturated heterocycles. The van der Waals surface area contributed by atoms with Crippen LogP contribution in [0.15, 0.2) is 84.9 Å². The first kappa shape index (κ1) is 33.8. The third-order valence-electron chi connectivity index (χ3n) is 8.69. The fourth-order valence-corrected chi connectivity index (χ4v) is 7.52. The Morgan fingerprint density at radius 1 is 0.773 bits per heavy atom. The number of nitrogens with zero attached hydrogens (tertiary/aromatic N) is 2. The Kier molecular flexibility index (Phi) is 13.9. The van der Waals surface area contributed by atoms with Gasteiger partial charge < -0.3 is 9.80 Å². The molecule has 2 atom stereocenters. The number of benzene rings is 3. The number of carbonyl (C=O) groups is 2. The second-order valence-electron chi connectivity index (χ2n) is 12.6. The van der Waals surface area contributed by atoms with E-state index in [1.54, 1.807) is 11.8 Å². The molecule has 5 heteroatoms. The summed E-state index contributed by atoms with van der Waals surface area (Å²) in [5.41, 5.74) is 4.95. The molecule has 0 aliphatic carbocycles. The molecule has 1 fully saturated rings. The standard InChI is InChI=1S/C39H52N2O2S/c1-4-5-6-7-14-22-38-41(27-16-15-17-32-23-25-35(26-24-32)31(2)3)39(43)36(44-38)28-37(42)40(29-33-18-10-8-11-19-33)30-34-20-12-9-13-21-34/h8-13,18-21,23-26,31,36,38H,4-7,14-17,22,27-30H2,1-3H3. The minimum absolute atomic E-state index is 0.0527. The van der Waals surface area contributed by atoms with Crippen LogP contribution in [0, 0.1) is 0 Å². The molecular formula is C39H52N2O2S. The highest BCUT2D eigenvalue weighted by molar-refractivity contribution is 8.01. The Bertz CT molecular complexity index is 1220. The van der Waals surface area contributed by atoms with E-state index < -0.39 is 0 Å². The van der Waals surface area contributed by atoms with E-state index in [1.807, 2.05) is 41.3 Å². The predicted octanol–water partition coefficient (Wildman–Crippen LogP) is 9.38. The number of aryl methyl sites for hydroxylation is 1. The third-order valence-corrected chi connectivity index (χ3v) is 10.2. The van der Waals surface area contributed by atoms with E-state index >= 15 is 0 Å². The van der Waals surface area contributed by atoms with Crippen molar-refractivity contribution in [2.24, 2.45) is 0 Å². The molecule has 44 heavy (non-hydrogen) atoms. The van der Waals surface area contributed by atoms with E-state index in [0.29, 0.717) is 19.0 Å². The number of amides is 2. The first-order valence-electron chi connectivity index (χ1n) is 16.8. The van der Waals surface area contributed by atoms with Crippen molar-refractivity contribution >= 4 is 23.6 Å². The molecule has 4 rings (SSSR count). The topological polar surface area (TPSA) is 40.6 Å². The van der Waals surface area contributed by atoms with Gasteiger partial charge in [-0.2, -0.15) is 0 Å². The fraction of sp³-hybridized carbons (Fsp3) is 0.487. The zero-order valence-corrected chi connectivity index (χ0v) is 27.9. The lowest BCUT2D eigenvalue weighted by molar-refractivity contribution is -0.136. The van der Waals surface area contributed by atoms with Gasteiger partial charge in [-0.1, -0.05) is 138 Å². The van der Waals surface area contributed by atoms with Crippen LogP contribution in [-0.4, -0.2) is 38.8 Å². The molecule has 3 aromatic rings. The highest BCUT2D eigenvalue weighted by Gasteiger charge is 2.41. The van der Waals surface area contributed by atoms with Crippen LogP contribution in [0.4, 0.5) is 0 Å². The van der Waals surface area contributed by atoms with Gasteiger partial charge in [-0.3, -0.25) is 9.59 Å². The predicted molar refractivity (Wildman–Crippen MR) is 185 cm³/mol. The van der Waals surface area contributed by atoms with E-state index in [9.17, 15) is 9.59 Å². The molecule has 0 saturated carbocycles. The molecule has 1 aliphatic heterocycles. The molecular weight excluding hydrogens is 561 g/mol. The van der Waals surface area contributed by atoms with Crippen LogP contribution in [0.2, 0.25) is 0 Å². The average Bonchev–Trinajstić information content (AvgIpc) is 3.33. The van der Waals surface area contributed by atoms with E-state index in [-0.39, 0.29) is 28.9 Å². The SMILES string of the molecule is CCCCCCCC1SC(CC(=O)N(Cc2ccccc2)Cc2ccccc2)C(=O)N1CCCCc1ccc(C(C)C)cc1. The van der Waals surface area contributed by atoms with Crippen molar-refractivity contribution in [1.29, 1.82) is 0 Å². The zero-order valence-electron chi connectivity index (χ0n) is 27.1. The zero-order chi connectivity index (χ0) is 31.1. The van der Waals surface area contributed by atoms with Crippen molar-refractivity contribution in [1.82, 2.24) is 9.80 Å². The summed E-state index contributed by atoms with van der Waals surface area (Å²) in [5, 5.41) is -0.135. The van der Waals surface area contributed by atoms with Crippen molar-refractivity contribution in [3.8, 4) is 0 Å². The van der Waals surface area contributed by atoms with Crippen LogP contribution in [0.5, 0.6) is 0 Å². The lowest BCUT2D eigenvalue weighted by atomic mass is 10.00. The van der Waals surface area contributed by atoms with Crippen LogP contribution < -0.4 is 0 Å². The summed E-state index contributed by atoms with van der Waals surface area (Å²) < 4.78 is 0. The lowest BCUT2D eigenvalue weighted by Gasteiger charge is -2.24. The van der Waals surface area contributed by atoms with Gasteiger partial charge in [-0.05, 0) is 53.9 Å². The third kappa shape index (κ3) is 10.5. The van der Waals surface area contributed by atoms with Gasteiger partial charge in [-0.25, -0.2) is 0 Å². The fourth-order valence-electron chi connectivity index (χ4n) is 5.99. The van der Waals surface area contributed by atoms with E-state index in [1.165, 1.54) is 36.8 Å². The number of hydrogen-bond donors (Lipinski definition) is 0. The second kappa shape index (κ2) is 18.0. The van der Waals surface area contributed by atoms with Gasteiger partial charge in [0.25, 0.3) is 0 Å². The van der Waals surface area contributed by atoms with Gasteiger partial charge in [0, 0.05) is 26.1 Å². The number of hydrogen-bond acceptors (Lipinski definition) is 3. The molecule has 0 N–H and O–H groups in total. The van der Waals surface area contributed by atoms with Gasteiger partial charge in [0.05, 0.1) is 10.6 Å². The van der Waals surface area contributed by atoms with Gasteiger partial charge in [0.2, 0.25) is 11.8 Å². The summed E-state index contributed by atoms with van der Waals surface area (Å²) in [4.78, 5) is 31.7. The van der Waals surface area contributed by atoms with Crippen molar-refractivity contribution in [3.63, 3.8) is 0 Å². The number of unbranched alkanes of at least 4 members (excludes halogenated alkanes) is 5. The molecule has 1 aliphatic rings. The molecule has 0 aromatic heterocycles. The molecule has 0 radical (unpaired) electrons. The number of carbonyl (C=O) groups excluding carboxylic acids is 2. The summed E-state index contributed by atoms with van der Waals surface area (Å²) in [6.07, 6.45) is 10.5. The Morgan fingerprint density at radius 2 is 1.39 bits per heavy atom. The quantitative estimate of drug-likeness (QED) is 0.134. The first-order valence-corrected chi connectivity index (χ1v) is 17.8. The van der Waals surface area contributed by atoms with E-state index in [2.05, 4.69) is 74.2 Å². The van der Waals surface area contributed by atoms with Crippen LogP contribution in [0.3, 0.4) is 0 Å². The van der Waals surface area contributed by atoms with Crippen LogP contribution >= 0.6 is 11.8 Å². The molecule has 236 valence electrons. The molecule has 0 bridgehead atoms. The maximum absolute atomic E-state index is 13.8. The largest absolute Gasteiger partial charge is 0.334 e. The Morgan fingerprint density at radius 3 is 1.98 bits per heavy atom. The monoisotopic (exact) mass is 612 g/mol. The second-order valence-corrected chi connectivity index (χ2v) is 14.0. The lowest BCUT2D eigenvalue weighted by Crippen LogP contribution is -2.37. The minimum atomic E-state index is -0.305. The number of rotatable bonds is 18. The maximum atomic E-state index is 13.8. The van der Waals surface area contributed by atoms with E-state index in [0.717, 1.165) is 49.8 Å². The van der Waals surface area contributed by atoms with Gasteiger partial charge in [-0.15, -0.1) is 11.8 Å². The van der Waals surface area contributed by atoms with Gasteiger partial charge in [0.1, 0.15) is 0 Å². The molecule has 2 amide bonds. The average molecular weight is 613 g/mol. The normalized spacial score (nSPS) is 16.5. The summed E-state index contributed by atoms with van der Waals surface area (Å²) in [6.45, 7) is 8.56. The Hall–Kier alpha value is -3.05. The molecule has 3 aromatic carbocycles. The molecule has 1 heterocycles. The smallest absolute Gasteiger partial charge is 0.237 e. The summed E-state index contributed by atoms with van der Waals surface area (Å²) in [7, 11) is 0. The first-order chi connectivity index (χ1) is 21.4. The van der Waals surface area contributed by atoms with Crippen molar-refractivity contribution in [2.75, 3.05) is 6.54 Å². The summed E-state index contributed by atoms with van der Waals surface area (Å²) in [6, 6.07) is 29.3. The van der Waals surface area contributed by atoms with Gasteiger partial charge in [0.15, 0.2) is 0 Å². The van der Waals surface area contributed by atoms with E-state index in [4.69, 9.17) is 0 Å². The highest BCUT2D eigenvalue weighted by Crippen LogP contribution is 2.37. The number of thioether (sulfide) groups is 1. The van der Waals surface area contributed by atoms with Gasteiger partial charge >= 0.3 is 0 Å². The highest BCUT2D eigenvalue weighted by atomic mass is 32.2. The van der Waals surface area contributed by atoms with Crippen LogP contribution in [0.1, 0.15) is 107 Å². The minimum Gasteiger partial charge on any atom is -0.334 e. The van der Waals surface area contributed by atoms with Crippen molar-refractivity contribution < 1.29 is 9.59 Å². The Labute approximate surface area is 270 Å². The molecule has 0 spiro atoms. The van der Waals surface area contributed by atoms with Crippen LogP contribution in [0.25, 0.3) is 0 Å². The maximum Gasteiger partial charge on any atom is 0.237 e. The molecule has 4 nitrogen and oxygen atoms in total. The van der Waals surface area contributed by atoms with Crippen molar-refractivity contribution in [2.45, 2.75) is 115 Å².